The number of aliphatic hydroxyl groups excluding tert-OH is 1. The Morgan fingerprint density at radius 1 is 1.32 bits per heavy atom. The third-order valence-corrected chi connectivity index (χ3v) is 5.27. The maximum Gasteiger partial charge on any atom is 0.272 e. The first kappa shape index (κ1) is 19.3. The van der Waals surface area contributed by atoms with Crippen LogP contribution in [0.25, 0.3) is 16.7 Å². The van der Waals surface area contributed by atoms with Crippen molar-refractivity contribution in [1.29, 1.82) is 0 Å². The normalized spacial score (nSPS) is 16.9. The van der Waals surface area contributed by atoms with Gasteiger partial charge in [-0.25, -0.2) is 14.5 Å². The number of rotatable bonds is 2. The predicted octanol–water partition coefficient (Wildman–Crippen LogP) is 1.02. The quantitative estimate of drug-likeness (QED) is 0.377. The van der Waals surface area contributed by atoms with Crippen LogP contribution in [-0.4, -0.2) is 61.5 Å². The van der Waals surface area contributed by atoms with Crippen LogP contribution in [0.5, 0.6) is 0 Å². The van der Waals surface area contributed by atoms with Gasteiger partial charge in [0.15, 0.2) is 17.2 Å². The number of fused-ring (bicyclic) bond motifs is 5. The van der Waals surface area contributed by atoms with E-state index in [0.29, 0.717) is 23.8 Å². The number of imidazole rings is 2. The van der Waals surface area contributed by atoms with Crippen molar-refractivity contribution in [2.24, 2.45) is 7.05 Å². The van der Waals surface area contributed by atoms with E-state index in [2.05, 4.69) is 31.0 Å². The summed E-state index contributed by atoms with van der Waals surface area (Å²) in [7, 11) is 3.71. The molecule has 1 aliphatic rings. The van der Waals surface area contributed by atoms with Crippen molar-refractivity contribution in [3.63, 3.8) is 0 Å². The highest BCUT2D eigenvalue weighted by molar-refractivity contribution is 5.94. The minimum atomic E-state index is -0.564. The van der Waals surface area contributed by atoms with Crippen LogP contribution < -0.4 is 16.0 Å². The van der Waals surface area contributed by atoms with Crippen LogP contribution >= 0.6 is 0 Å². The molecule has 0 fully saturated rings. The number of aryl methyl sites for hydroxylation is 1. The van der Waals surface area contributed by atoms with Gasteiger partial charge in [0.2, 0.25) is 0 Å². The highest BCUT2D eigenvalue weighted by Crippen LogP contribution is 2.29. The molecule has 1 aromatic carbocycles. The molecule has 0 spiro atoms. The number of hydrogen-bond acceptors (Lipinski definition) is 8. The number of carbonyl (C=O) groups excluding carboxylic acids is 1. The van der Waals surface area contributed by atoms with Gasteiger partial charge in [-0.15, -0.1) is 5.10 Å². The van der Waals surface area contributed by atoms with Gasteiger partial charge in [-0.1, -0.05) is 0 Å². The third-order valence-electron chi connectivity index (χ3n) is 5.27. The molecule has 160 valence electrons. The second-order valence-electron chi connectivity index (χ2n) is 7.43. The molecule has 4 aromatic rings. The lowest BCUT2D eigenvalue weighted by Crippen LogP contribution is -2.41. The number of amides is 1. The number of nitrogens with one attached hydrogen (secondary N) is 3. The van der Waals surface area contributed by atoms with Gasteiger partial charge in [0.05, 0.1) is 55.3 Å². The van der Waals surface area contributed by atoms with Crippen LogP contribution in [0.3, 0.4) is 0 Å². The van der Waals surface area contributed by atoms with Crippen molar-refractivity contribution in [3.8, 4) is 0 Å². The van der Waals surface area contributed by atoms with Crippen molar-refractivity contribution < 1.29 is 14.6 Å². The monoisotopic (exact) mass is 422 g/mol. The maximum atomic E-state index is 12.8. The number of hydrogen-bond donors (Lipinski definition) is 4. The lowest BCUT2D eigenvalue weighted by atomic mass is 10.1. The Kier molecular flexibility index (Phi) is 4.68. The fourth-order valence-electron chi connectivity index (χ4n) is 3.69. The minimum absolute atomic E-state index is 0.158. The van der Waals surface area contributed by atoms with Crippen LogP contribution in [0.1, 0.15) is 16.1 Å². The molecule has 4 heterocycles. The van der Waals surface area contributed by atoms with E-state index in [4.69, 9.17) is 4.74 Å². The van der Waals surface area contributed by atoms with Crippen molar-refractivity contribution >= 4 is 39.8 Å². The van der Waals surface area contributed by atoms with Crippen molar-refractivity contribution in [2.45, 2.75) is 12.6 Å². The zero-order chi connectivity index (χ0) is 21.5. The molecule has 5 rings (SSSR count). The Hall–Kier alpha value is -3.70. The van der Waals surface area contributed by atoms with E-state index in [1.165, 1.54) is 10.7 Å². The van der Waals surface area contributed by atoms with E-state index in [0.717, 1.165) is 22.3 Å². The van der Waals surface area contributed by atoms with E-state index < -0.39 is 11.9 Å². The van der Waals surface area contributed by atoms with Gasteiger partial charge < -0.3 is 30.4 Å². The summed E-state index contributed by atoms with van der Waals surface area (Å²) in [5.74, 6) is 0.120. The fraction of sp³-hybridized carbons (Fsp3) is 0.300. The molecule has 0 unspecified atom stereocenters. The van der Waals surface area contributed by atoms with Crippen LogP contribution in [0.15, 0.2) is 30.7 Å². The fourth-order valence-corrected chi connectivity index (χ4v) is 3.69. The van der Waals surface area contributed by atoms with E-state index >= 15 is 0 Å². The molecule has 1 amide bonds. The maximum absolute atomic E-state index is 12.8. The zero-order valence-electron chi connectivity index (χ0n) is 17.1. The van der Waals surface area contributed by atoms with Crippen LogP contribution in [0.2, 0.25) is 0 Å². The summed E-state index contributed by atoms with van der Waals surface area (Å²) in [4.78, 5) is 21.7. The second-order valence-corrected chi connectivity index (χ2v) is 7.43. The molecule has 4 N–H and O–H groups in total. The van der Waals surface area contributed by atoms with Crippen molar-refractivity contribution in [2.75, 3.05) is 30.9 Å². The lowest BCUT2D eigenvalue weighted by molar-refractivity contribution is 0.0671. The molecule has 1 atom stereocenters. The van der Waals surface area contributed by atoms with Gasteiger partial charge in [0, 0.05) is 20.2 Å². The summed E-state index contributed by atoms with van der Waals surface area (Å²) in [5, 5.41) is 23.5. The summed E-state index contributed by atoms with van der Waals surface area (Å²) in [6.07, 6.45) is 3.21. The molecule has 31 heavy (non-hydrogen) atoms. The summed E-state index contributed by atoms with van der Waals surface area (Å²) in [6, 6.07) is 5.23. The Balaban J connectivity index is 1.71. The first-order valence-electron chi connectivity index (χ1n) is 9.84. The summed E-state index contributed by atoms with van der Waals surface area (Å²) < 4.78 is 9.21. The Labute approximate surface area is 177 Å². The largest absolute Gasteiger partial charge is 0.394 e. The number of anilines is 3. The lowest BCUT2D eigenvalue weighted by Gasteiger charge is -2.18. The summed E-state index contributed by atoms with van der Waals surface area (Å²) >= 11 is 0. The second kappa shape index (κ2) is 7.52. The third kappa shape index (κ3) is 3.33. The van der Waals surface area contributed by atoms with Crippen LogP contribution in [0, 0.1) is 0 Å². The highest BCUT2D eigenvalue weighted by Gasteiger charge is 2.21. The molecule has 0 saturated heterocycles. The van der Waals surface area contributed by atoms with Gasteiger partial charge >= 0.3 is 0 Å². The molecule has 0 aliphatic carbocycles. The van der Waals surface area contributed by atoms with Gasteiger partial charge in [0.25, 0.3) is 5.91 Å². The molecule has 0 radical (unpaired) electrons. The van der Waals surface area contributed by atoms with Gasteiger partial charge in [0.1, 0.15) is 5.52 Å². The van der Waals surface area contributed by atoms with E-state index in [1.807, 2.05) is 29.8 Å². The van der Waals surface area contributed by atoms with Crippen LogP contribution in [0.4, 0.5) is 17.2 Å². The number of benzene rings is 1. The molecule has 3 aromatic heterocycles. The molecular weight excluding hydrogens is 400 g/mol. The standard InChI is InChI=1S/C20H22N8O3/c1-21-14-5-17-25-13-3-11(4-15-18(13)23-10-27(15)2)8-31-9-12(7-29)24-20(30)16-6-22-19(14)28(16)26-17/h3-6,10,12,21,29H,7-9H2,1-2H3,(H,24,30)(H,25,26)/t12-/m1/s1. The molecule has 0 saturated carbocycles. The minimum Gasteiger partial charge on any atom is -0.394 e. The molecule has 4 bridgehead atoms. The van der Waals surface area contributed by atoms with E-state index in [-0.39, 0.29) is 18.9 Å². The van der Waals surface area contributed by atoms with Crippen molar-refractivity contribution in [1.82, 2.24) is 29.5 Å². The highest BCUT2D eigenvalue weighted by atomic mass is 16.5. The number of carbonyl (C=O) groups is 1. The average Bonchev–Trinajstić information content (AvgIpc) is 3.36. The number of nitrogens with zero attached hydrogens (tertiary/aromatic N) is 5. The number of aliphatic hydroxyl groups is 1. The molecular formula is C20H22N8O3. The Morgan fingerprint density at radius 2 is 2.19 bits per heavy atom. The zero-order valence-corrected chi connectivity index (χ0v) is 17.1. The molecule has 11 heteroatoms. The number of aromatic nitrogens is 5. The molecule has 1 aliphatic heterocycles. The SMILES string of the molecule is CNc1cc2nn3c(cnc13)C(=O)N[C@H](CO)COCc1cc(c3ncn(C)c3c1)N2. The average molecular weight is 422 g/mol. The Morgan fingerprint density at radius 3 is 3.00 bits per heavy atom. The van der Waals surface area contributed by atoms with Gasteiger partial charge in [-0.3, -0.25) is 4.79 Å². The topological polar surface area (TPSA) is 131 Å². The van der Waals surface area contributed by atoms with Gasteiger partial charge in [-0.2, -0.15) is 0 Å². The first-order chi connectivity index (χ1) is 15.1. The van der Waals surface area contributed by atoms with Crippen LogP contribution in [-0.2, 0) is 18.4 Å². The van der Waals surface area contributed by atoms with Gasteiger partial charge in [-0.05, 0) is 17.7 Å². The summed E-state index contributed by atoms with van der Waals surface area (Å²) in [5.41, 5.74) is 4.91. The molecule has 11 nitrogen and oxygen atoms in total. The van der Waals surface area contributed by atoms with Crippen molar-refractivity contribution in [3.05, 3.63) is 42.0 Å². The smallest absolute Gasteiger partial charge is 0.272 e. The number of ether oxygens (including phenoxy) is 1. The first-order valence-corrected chi connectivity index (χ1v) is 9.84. The summed E-state index contributed by atoms with van der Waals surface area (Å²) in [6.45, 7) is 0.219. The Bertz CT molecular complexity index is 1290. The van der Waals surface area contributed by atoms with E-state index in [9.17, 15) is 9.90 Å². The predicted molar refractivity (Wildman–Crippen MR) is 115 cm³/mol. The van der Waals surface area contributed by atoms with E-state index in [1.54, 1.807) is 13.4 Å².